The summed E-state index contributed by atoms with van der Waals surface area (Å²) >= 11 is 0. The van der Waals surface area contributed by atoms with Crippen LogP contribution in [0.2, 0.25) is 0 Å². The molecular formula is C11H11NO4S. The Balaban J connectivity index is 2.89. The van der Waals surface area contributed by atoms with Crippen molar-refractivity contribution in [3.63, 3.8) is 0 Å². The van der Waals surface area contributed by atoms with Crippen LogP contribution in [0.4, 0.5) is 0 Å². The highest BCUT2D eigenvalue weighted by atomic mass is 32.2. The van der Waals surface area contributed by atoms with Gasteiger partial charge in [-0.2, -0.15) is 0 Å². The summed E-state index contributed by atoms with van der Waals surface area (Å²) in [6.07, 6.45) is 3.60. The molecule has 1 aromatic heterocycles. The van der Waals surface area contributed by atoms with Crippen molar-refractivity contribution in [1.82, 2.24) is 3.97 Å². The summed E-state index contributed by atoms with van der Waals surface area (Å²) in [6.45, 7) is 3.23. The predicted octanol–water partition coefficient (Wildman–Crippen LogP) is 0.773. The molecule has 2 rings (SSSR count). The molecule has 0 fully saturated rings. The molecule has 90 valence electrons. The molecule has 0 saturated heterocycles. The van der Waals surface area contributed by atoms with Crippen LogP contribution in [0, 0.1) is 6.92 Å². The molecule has 0 amide bonds. The molecule has 0 saturated carbocycles. The fourth-order valence-corrected chi connectivity index (χ4v) is 2.89. The van der Waals surface area contributed by atoms with Crippen LogP contribution >= 0.6 is 0 Å². The highest BCUT2D eigenvalue weighted by Crippen LogP contribution is 2.29. The fourth-order valence-electron chi connectivity index (χ4n) is 1.97. The topological polar surface area (TPSA) is 73.2 Å². The van der Waals surface area contributed by atoms with E-state index in [1.807, 2.05) is 0 Å². The molecule has 0 unspecified atom stereocenters. The van der Waals surface area contributed by atoms with Crippen LogP contribution in [-0.4, -0.2) is 30.2 Å². The lowest BCUT2D eigenvalue weighted by Gasteiger charge is -2.12. The minimum absolute atomic E-state index is 0.195. The lowest BCUT2D eigenvalue weighted by Crippen LogP contribution is -2.21. The van der Waals surface area contributed by atoms with Gasteiger partial charge in [0.25, 0.3) is 0 Å². The lowest BCUT2D eigenvalue weighted by atomic mass is 9.94. The van der Waals surface area contributed by atoms with Gasteiger partial charge in [-0.15, -0.1) is 0 Å². The number of rotatable bonds is 1. The highest BCUT2D eigenvalue weighted by molar-refractivity contribution is 7.89. The summed E-state index contributed by atoms with van der Waals surface area (Å²) in [4.78, 5) is 23.1. The summed E-state index contributed by atoms with van der Waals surface area (Å²) in [7, 11) is -3.48. The Morgan fingerprint density at radius 3 is 2.29 bits per heavy atom. The van der Waals surface area contributed by atoms with Gasteiger partial charge < -0.3 is 0 Å². The van der Waals surface area contributed by atoms with E-state index >= 15 is 0 Å². The Labute approximate surface area is 98.8 Å². The van der Waals surface area contributed by atoms with Crippen molar-refractivity contribution in [3.05, 3.63) is 29.1 Å². The maximum Gasteiger partial charge on any atom is 0.236 e. The zero-order chi connectivity index (χ0) is 13.0. The number of carbonyl (C=O) groups is 2. The summed E-state index contributed by atoms with van der Waals surface area (Å²) in [5.74, 6) is -1.25. The van der Waals surface area contributed by atoms with Gasteiger partial charge in [-0.1, -0.05) is 0 Å². The molecule has 1 aromatic rings. The number of allylic oxidation sites excluding steroid dienone is 2. The third-order valence-corrected chi connectivity index (χ3v) is 3.69. The molecule has 0 atom stereocenters. The van der Waals surface area contributed by atoms with Gasteiger partial charge in [0, 0.05) is 6.20 Å². The predicted molar refractivity (Wildman–Crippen MR) is 62.4 cm³/mol. The Morgan fingerprint density at radius 1 is 1.18 bits per heavy atom. The van der Waals surface area contributed by atoms with Gasteiger partial charge in [0.2, 0.25) is 21.6 Å². The molecule has 0 aliphatic heterocycles. The minimum Gasteiger partial charge on any atom is -0.286 e. The van der Waals surface area contributed by atoms with E-state index < -0.39 is 21.6 Å². The number of nitrogens with zero attached hydrogens (tertiary/aromatic N) is 1. The van der Waals surface area contributed by atoms with Crippen molar-refractivity contribution in [2.45, 2.75) is 13.8 Å². The van der Waals surface area contributed by atoms with Crippen molar-refractivity contribution in [2.75, 3.05) is 6.26 Å². The lowest BCUT2D eigenvalue weighted by molar-refractivity contribution is -0.111. The SMILES string of the molecule is CC1=CC(=O)C(=O)c2c(C)cn(S(C)(=O)=O)c21. The maximum absolute atomic E-state index is 11.7. The van der Waals surface area contributed by atoms with E-state index in [-0.39, 0.29) is 5.56 Å². The van der Waals surface area contributed by atoms with E-state index in [1.54, 1.807) is 13.8 Å². The second-order valence-corrected chi connectivity index (χ2v) is 5.97. The Morgan fingerprint density at radius 2 is 1.76 bits per heavy atom. The third kappa shape index (κ3) is 1.64. The number of carbonyl (C=O) groups excluding carboxylic acids is 2. The molecule has 1 heterocycles. The standard InChI is InChI=1S/C11H11NO4S/c1-6-4-8(13)11(14)9-7(2)5-12(10(6)9)17(3,15)16/h4-5H,1-3H3. The van der Waals surface area contributed by atoms with Crippen LogP contribution in [-0.2, 0) is 14.8 Å². The summed E-state index contributed by atoms with van der Waals surface area (Å²) in [5.41, 5.74) is 1.48. The number of hydrogen-bond acceptors (Lipinski definition) is 4. The van der Waals surface area contributed by atoms with Crippen molar-refractivity contribution in [3.8, 4) is 0 Å². The van der Waals surface area contributed by atoms with Crippen molar-refractivity contribution in [1.29, 1.82) is 0 Å². The normalized spacial score (nSPS) is 15.8. The number of ketones is 2. The maximum atomic E-state index is 11.7. The average Bonchev–Trinajstić information content (AvgIpc) is 2.53. The van der Waals surface area contributed by atoms with Crippen molar-refractivity contribution in [2.24, 2.45) is 0 Å². The van der Waals surface area contributed by atoms with Gasteiger partial charge in [-0.3, -0.25) is 9.59 Å². The van der Waals surface area contributed by atoms with Gasteiger partial charge in [-0.05, 0) is 31.1 Å². The largest absolute Gasteiger partial charge is 0.286 e. The van der Waals surface area contributed by atoms with E-state index in [1.165, 1.54) is 12.3 Å². The van der Waals surface area contributed by atoms with Crippen LogP contribution in [0.15, 0.2) is 12.3 Å². The number of hydrogen-bond donors (Lipinski definition) is 0. The van der Waals surface area contributed by atoms with Crippen LogP contribution in [0.3, 0.4) is 0 Å². The fraction of sp³-hybridized carbons (Fsp3) is 0.273. The van der Waals surface area contributed by atoms with Crippen molar-refractivity contribution < 1.29 is 18.0 Å². The summed E-state index contributed by atoms with van der Waals surface area (Å²) < 4.78 is 24.2. The first-order valence-corrected chi connectivity index (χ1v) is 6.78. The van der Waals surface area contributed by atoms with Crippen LogP contribution < -0.4 is 0 Å². The molecule has 0 N–H and O–H groups in total. The Hall–Kier alpha value is -1.69. The van der Waals surface area contributed by atoms with Crippen LogP contribution in [0.25, 0.3) is 5.57 Å². The number of aromatic nitrogens is 1. The first kappa shape index (κ1) is 11.8. The van der Waals surface area contributed by atoms with Gasteiger partial charge in [0.15, 0.2) is 0 Å². The van der Waals surface area contributed by atoms with Gasteiger partial charge >= 0.3 is 0 Å². The van der Waals surface area contributed by atoms with E-state index in [4.69, 9.17) is 0 Å². The van der Waals surface area contributed by atoms with Gasteiger partial charge in [0.1, 0.15) is 0 Å². The third-order valence-electron chi connectivity index (χ3n) is 2.69. The molecule has 1 aliphatic carbocycles. The smallest absolute Gasteiger partial charge is 0.236 e. The first-order valence-electron chi connectivity index (χ1n) is 4.93. The molecule has 5 nitrogen and oxygen atoms in total. The molecule has 0 spiro atoms. The minimum atomic E-state index is -3.48. The molecule has 0 bridgehead atoms. The molecule has 6 heteroatoms. The monoisotopic (exact) mass is 253 g/mol. The Kier molecular flexibility index (Phi) is 2.36. The zero-order valence-corrected chi connectivity index (χ0v) is 10.5. The van der Waals surface area contributed by atoms with Crippen molar-refractivity contribution >= 4 is 27.2 Å². The second kappa shape index (κ2) is 3.40. The quantitative estimate of drug-likeness (QED) is 0.693. The first-order chi connectivity index (χ1) is 7.73. The molecule has 17 heavy (non-hydrogen) atoms. The molecule has 0 aromatic carbocycles. The van der Waals surface area contributed by atoms with E-state index in [0.717, 1.165) is 10.2 Å². The van der Waals surface area contributed by atoms with Crippen LogP contribution in [0.5, 0.6) is 0 Å². The average molecular weight is 253 g/mol. The molecule has 1 aliphatic rings. The number of fused-ring (bicyclic) bond motifs is 1. The summed E-state index contributed by atoms with van der Waals surface area (Å²) in [6, 6.07) is 0. The number of Topliss-reactive ketones (excluding diaryl/α,β-unsaturated/α-hetero) is 1. The van der Waals surface area contributed by atoms with Crippen LogP contribution in [0.1, 0.15) is 28.5 Å². The highest BCUT2D eigenvalue weighted by Gasteiger charge is 2.31. The van der Waals surface area contributed by atoms with E-state index in [9.17, 15) is 18.0 Å². The number of aryl methyl sites for hydroxylation is 1. The zero-order valence-electron chi connectivity index (χ0n) is 9.64. The van der Waals surface area contributed by atoms with E-state index in [2.05, 4.69) is 0 Å². The van der Waals surface area contributed by atoms with E-state index in [0.29, 0.717) is 16.8 Å². The van der Waals surface area contributed by atoms with Gasteiger partial charge in [0.05, 0.1) is 17.5 Å². The second-order valence-electron chi connectivity index (χ2n) is 4.12. The summed E-state index contributed by atoms with van der Waals surface area (Å²) in [5, 5.41) is 0. The Bertz CT molecular complexity index is 677. The molecule has 0 radical (unpaired) electrons. The van der Waals surface area contributed by atoms with Gasteiger partial charge in [-0.25, -0.2) is 12.4 Å². The molecular weight excluding hydrogens is 242 g/mol.